The van der Waals surface area contributed by atoms with Crippen molar-refractivity contribution in [3.63, 3.8) is 0 Å². The average Bonchev–Trinajstić information content (AvgIpc) is 2.77. The van der Waals surface area contributed by atoms with Gasteiger partial charge in [-0.15, -0.1) is 0 Å². The van der Waals surface area contributed by atoms with Crippen LogP contribution in [0.2, 0.25) is 0 Å². The maximum absolute atomic E-state index is 4.71. The van der Waals surface area contributed by atoms with Crippen molar-refractivity contribution in [3.8, 4) is 0 Å². The molecule has 5 heteroatoms. The smallest absolute Gasteiger partial charge is 0.160 e. The molecule has 3 rings (SSSR count). The van der Waals surface area contributed by atoms with Gasteiger partial charge >= 0.3 is 0 Å². The molecule has 0 bridgehead atoms. The number of imidazole rings is 1. The van der Waals surface area contributed by atoms with E-state index in [0.29, 0.717) is 5.92 Å². The number of aryl methyl sites for hydroxylation is 1. The Morgan fingerprint density at radius 1 is 1.53 bits per heavy atom. The highest BCUT2D eigenvalue weighted by molar-refractivity contribution is 9.10. The van der Waals surface area contributed by atoms with Crippen molar-refractivity contribution in [2.45, 2.75) is 32.7 Å². The molecule has 0 saturated carbocycles. The molecule has 0 aliphatic carbocycles. The van der Waals surface area contributed by atoms with Crippen LogP contribution in [0.4, 0.5) is 0 Å². The summed E-state index contributed by atoms with van der Waals surface area (Å²) in [5.41, 5.74) is 2.01. The van der Waals surface area contributed by atoms with E-state index in [0.717, 1.165) is 47.5 Å². The second kappa shape index (κ2) is 5.59. The van der Waals surface area contributed by atoms with Crippen LogP contribution in [0.3, 0.4) is 0 Å². The first-order valence-electron chi connectivity index (χ1n) is 6.99. The number of piperidine rings is 1. The first kappa shape index (κ1) is 13.1. The Bertz CT molecular complexity index is 572. The highest BCUT2D eigenvalue weighted by atomic mass is 79.9. The van der Waals surface area contributed by atoms with E-state index < -0.39 is 0 Å². The summed E-state index contributed by atoms with van der Waals surface area (Å²) in [6.45, 7) is 5.46. The van der Waals surface area contributed by atoms with Gasteiger partial charge in [0.05, 0.1) is 0 Å². The molecule has 1 aliphatic heterocycles. The molecule has 1 saturated heterocycles. The number of pyridine rings is 1. The molecule has 0 radical (unpaired) electrons. The lowest BCUT2D eigenvalue weighted by Gasteiger charge is -2.23. The van der Waals surface area contributed by atoms with E-state index >= 15 is 0 Å². The number of fused-ring (bicyclic) bond motifs is 1. The number of halogens is 1. The van der Waals surface area contributed by atoms with Crippen LogP contribution in [0.25, 0.3) is 11.2 Å². The van der Waals surface area contributed by atoms with Gasteiger partial charge in [-0.1, -0.05) is 6.92 Å². The first-order chi connectivity index (χ1) is 9.28. The SMILES string of the molecule is CCc1nc2cc(Br)cnc2n1CC1CCCNC1. The predicted molar refractivity (Wildman–Crippen MR) is 80.2 cm³/mol. The lowest BCUT2D eigenvalue weighted by atomic mass is 9.99. The highest BCUT2D eigenvalue weighted by Crippen LogP contribution is 2.21. The summed E-state index contributed by atoms with van der Waals surface area (Å²) in [7, 11) is 0. The summed E-state index contributed by atoms with van der Waals surface area (Å²) in [5, 5.41) is 3.48. The number of nitrogens with one attached hydrogen (secondary N) is 1. The maximum atomic E-state index is 4.71. The van der Waals surface area contributed by atoms with E-state index in [4.69, 9.17) is 4.98 Å². The Hall–Kier alpha value is -0.940. The topological polar surface area (TPSA) is 42.7 Å². The van der Waals surface area contributed by atoms with Crippen molar-refractivity contribution in [1.82, 2.24) is 19.9 Å². The molecule has 102 valence electrons. The zero-order valence-electron chi connectivity index (χ0n) is 11.2. The van der Waals surface area contributed by atoms with E-state index in [1.807, 2.05) is 6.20 Å². The molecular formula is C14H19BrN4. The van der Waals surface area contributed by atoms with Crippen molar-refractivity contribution in [1.29, 1.82) is 0 Å². The van der Waals surface area contributed by atoms with Crippen LogP contribution < -0.4 is 5.32 Å². The number of aromatic nitrogens is 3. The molecule has 2 aromatic heterocycles. The number of hydrogen-bond donors (Lipinski definition) is 1. The van der Waals surface area contributed by atoms with E-state index in [1.54, 1.807) is 0 Å². The second-order valence-electron chi connectivity index (χ2n) is 5.20. The Morgan fingerprint density at radius 3 is 3.16 bits per heavy atom. The van der Waals surface area contributed by atoms with Gasteiger partial charge in [0.15, 0.2) is 5.65 Å². The van der Waals surface area contributed by atoms with Crippen LogP contribution in [0.15, 0.2) is 16.7 Å². The van der Waals surface area contributed by atoms with Gasteiger partial charge in [0, 0.05) is 23.6 Å². The fourth-order valence-corrected chi connectivity index (χ4v) is 3.15. The van der Waals surface area contributed by atoms with Crippen molar-refractivity contribution in [2.24, 2.45) is 5.92 Å². The molecule has 4 nitrogen and oxygen atoms in total. The van der Waals surface area contributed by atoms with E-state index in [-0.39, 0.29) is 0 Å². The molecule has 1 unspecified atom stereocenters. The van der Waals surface area contributed by atoms with Crippen molar-refractivity contribution in [3.05, 3.63) is 22.6 Å². The van der Waals surface area contributed by atoms with E-state index in [9.17, 15) is 0 Å². The summed E-state index contributed by atoms with van der Waals surface area (Å²) in [6.07, 6.45) is 5.39. The third kappa shape index (κ3) is 2.67. The number of rotatable bonds is 3. The first-order valence-corrected chi connectivity index (χ1v) is 7.78. The minimum atomic E-state index is 0.696. The molecule has 0 amide bonds. The Balaban J connectivity index is 1.95. The van der Waals surface area contributed by atoms with Crippen molar-refractivity contribution in [2.75, 3.05) is 13.1 Å². The van der Waals surface area contributed by atoms with Gasteiger partial charge in [-0.25, -0.2) is 9.97 Å². The van der Waals surface area contributed by atoms with Gasteiger partial charge in [0.2, 0.25) is 0 Å². The van der Waals surface area contributed by atoms with Gasteiger partial charge in [-0.3, -0.25) is 0 Å². The standard InChI is InChI=1S/C14H19BrN4/c1-2-13-18-12-6-11(15)8-17-14(12)19(13)9-10-4-3-5-16-7-10/h6,8,10,16H,2-5,7,9H2,1H3. The fourth-order valence-electron chi connectivity index (χ4n) is 2.83. The molecular weight excluding hydrogens is 304 g/mol. The number of hydrogen-bond acceptors (Lipinski definition) is 3. The molecule has 1 fully saturated rings. The highest BCUT2D eigenvalue weighted by Gasteiger charge is 2.18. The minimum Gasteiger partial charge on any atom is -0.316 e. The summed E-state index contributed by atoms with van der Waals surface area (Å²) < 4.78 is 3.30. The van der Waals surface area contributed by atoms with E-state index in [1.165, 1.54) is 12.8 Å². The third-order valence-electron chi connectivity index (χ3n) is 3.79. The minimum absolute atomic E-state index is 0.696. The van der Waals surface area contributed by atoms with Crippen LogP contribution >= 0.6 is 15.9 Å². The van der Waals surface area contributed by atoms with Crippen molar-refractivity contribution < 1.29 is 0 Å². The van der Waals surface area contributed by atoms with Crippen molar-refractivity contribution >= 4 is 27.1 Å². The summed E-state index contributed by atoms with van der Waals surface area (Å²) in [5.74, 6) is 1.84. The summed E-state index contributed by atoms with van der Waals surface area (Å²) in [6, 6.07) is 2.05. The van der Waals surface area contributed by atoms with Crippen LogP contribution in [0, 0.1) is 5.92 Å². The Labute approximate surface area is 121 Å². The molecule has 0 spiro atoms. The van der Waals surface area contributed by atoms with Crippen LogP contribution in [0.1, 0.15) is 25.6 Å². The quantitative estimate of drug-likeness (QED) is 0.944. The van der Waals surface area contributed by atoms with Gasteiger partial charge in [-0.2, -0.15) is 0 Å². The summed E-state index contributed by atoms with van der Waals surface area (Å²) in [4.78, 5) is 9.26. The number of nitrogens with zero attached hydrogens (tertiary/aromatic N) is 3. The lowest BCUT2D eigenvalue weighted by Crippen LogP contribution is -2.32. The molecule has 0 aromatic carbocycles. The zero-order chi connectivity index (χ0) is 13.2. The molecule has 2 aromatic rings. The molecule has 19 heavy (non-hydrogen) atoms. The Morgan fingerprint density at radius 2 is 2.42 bits per heavy atom. The van der Waals surface area contributed by atoms with Gasteiger partial charge in [-0.05, 0) is 53.8 Å². The summed E-state index contributed by atoms with van der Waals surface area (Å²) >= 11 is 3.46. The van der Waals surface area contributed by atoms with Gasteiger partial charge in [0.1, 0.15) is 11.3 Å². The molecule has 3 heterocycles. The fraction of sp³-hybridized carbons (Fsp3) is 0.571. The predicted octanol–water partition coefficient (Wildman–Crippen LogP) is 2.76. The maximum Gasteiger partial charge on any atom is 0.160 e. The third-order valence-corrected chi connectivity index (χ3v) is 4.22. The van der Waals surface area contributed by atoms with Crippen LogP contribution in [-0.2, 0) is 13.0 Å². The molecule has 1 atom stereocenters. The second-order valence-corrected chi connectivity index (χ2v) is 6.12. The van der Waals surface area contributed by atoms with Gasteiger partial charge < -0.3 is 9.88 Å². The monoisotopic (exact) mass is 322 g/mol. The largest absolute Gasteiger partial charge is 0.316 e. The lowest BCUT2D eigenvalue weighted by molar-refractivity contribution is 0.336. The normalized spacial score (nSPS) is 20.0. The van der Waals surface area contributed by atoms with Gasteiger partial charge in [0.25, 0.3) is 0 Å². The molecule has 1 aliphatic rings. The molecule has 1 N–H and O–H groups in total. The average molecular weight is 323 g/mol. The van der Waals surface area contributed by atoms with Crippen LogP contribution in [0.5, 0.6) is 0 Å². The van der Waals surface area contributed by atoms with Crippen LogP contribution in [-0.4, -0.2) is 27.6 Å². The Kier molecular flexibility index (Phi) is 3.84. The van der Waals surface area contributed by atoms with E-state index in [2.05, 4.69) is 43.8 Å². The zero-order valence-corrected chi connectivity index (χ0v) is 12.8.